The molecule has 112 valence electrons. The van der Waals surface area contributed by atoms with Crippen LogP contribution in [0.3, 0.4) is 0 Å². The molecule has 1 unspecified atom stereocenters. The fourth-order valence-electron chi connectivity index (χ4n) is 1.96. The number of carboxylic acid groups (broad SMARTS) is 1. The number of carbonyl (C=O) groups is 1. The van der Waals surface area contributed by atoms with E-state index in [2.05, 4.69) is 15.3 Å². The minimum Gasteiger partial charge on any atom is -0.480 e. The monoisotopic (exact) mass is 297 g/mol. The van der Waals surface area contributed by atoms with Crippen LogP contribution in [0.5, 0.6) is 0 Å². The van der Waals surface area contributed by atoms with Crippen molar-refractivity contribution in [3.63, 3.8) is 0 Å². The number of hydrogen-bond donors (Lipinski definition) is 2. The van der Waals surface area contributed by atoms with Gasteiger partial charge in [-0.05, 0) is 46.6 Å². The lowest BCUT2D eigenvalue weighted by Crippen LogP contribution is -2.52. The summed E-state index contributed by atoms with van der Waals surface area (Å²) in [5.74, 6) is 0.00883. The first-order chi connectivity index (χ1) is 9.33. The van der Waals surface area contributed by atoms with Gasteiger partial charge in [0.25, 0.3) is 0 Å². The Balaban J connectivity index is 2.43. The Bertz CT molecular complexity index is 454. The highest BCUT2D eigenvalue weighted by Crippen LogP contribution is 2.19. The van der Waals surface area contributed by atoms with Crippen LogP contribution in [0.1, 0.15) is 39.3 Å². The van der Waals surface area contributed by atoms with E-state index in [1.807, 2.05) is 26.8 Å². The van der Waals surface area contributed by atoms with Gasteiger partial charge in [0.05, 0.1) is 0 Å². The molecule has 0 aliphatic rings. The van der Waals surface area contributed by atoms with E-state index in [0.717, 1.165) is 23.0 Å². The third kappa shape index (κ3) is 5.46. The summed E-state index contributed by atoms with van der Waals surface area (Å²) in [6.07, 6.45) is 3.12. The number of carboxylic acids is 1. The number of aryl methyl sites for hydroxylation is 1. The Kier molecular flexibility index (Phi) is 6.42. The molecule has 0 aliphatic heterocycles. The van der Waals surface area contributed by atoms with E-state index in [0.29, 0.717) is 6.42 Å². The fraction of sp³-hybridized carbons (Fsp3) is 0.643. The van der Waals surface area contributed by atoms with E-state index in [-0.39, 0.29) is 6.04 Å². The molecule has 0 saturated carbocycles. The summed E-state index contributed by atoms with van der Waals surface area (Å²) < 4.78 is 0. The quantitative estimate of drug-likeness (QED) is 0.436. The molecule has 1 heterocycles. The summed E-state index contributed by atoms with van der Waals surface area (Å²) in [4.78, 5) is 19.9. The van der Waals surface area contributed by atoms with Crippen LogP contribution >= 0.6 is 11.8 Å². The molecule has 6 heteroatoms. The van der Waals surface area contributed by atoms with Gasteiger partial charge in [0.1, 0.15) is 5.54 Å². The molecule has 0 fully saturated rings. The summed E-state index contributed by atoms with van der Waals surface area (Å²) in [5, 5.41) is 13.2. The van der Waals surface area contributed by atoms with Crippen LogP contribution in [0.15, 0.2) is 17.4 Å². The summed E-state index contributed by atoms with van der Waals surface area (Å²) in [5.41, 5.74) is 0.0710. The first kappa shape index (κ1) is 16.9. The molecule has 20 heavy (non-hydrogen) atoms. The first-order valence-electron chi connectivity index (χ1n) is 6.77. The van der Waals surface area contributed by atoms with Crippen LogP contribution in [0.2, 0.25) is 0 Å². The highest BCUT2D eigenvalue weighted by Gasteiger charge is 2.32. The average molecular weight is 297 g/mol. The maximum Gasteiger partial charge on any atom is 0.323 e. The van der Waals surface area contributed by atoms with E-state index in [1.165, 1.54) is 0 Å². The van der Waals surface area contributed by atoms with Gasteiger partial charge in [-0.3, -0.25) is 10.1 Å². The number of rotatable bonds is 8. The molecule has 1 rings (SSSR count). The normalized spacial score (nSPS) is 14.2. The van der Waals surface area contributed by atoms with Gasteiger partial charge in [0, 0.05) is 23.7 Å². The zero-order valence-electron chi connectivity index (χ0n) is 12.5. The maximum atomic E-state index is 11.4. The molecule has 0 saturated heterocycles. The van der Waals surface area contributed by atoms with E-state index < -0.39 is 11.5 Å². The largest absolute Gasteiger partial charge is 0.480 e. The highest BCUT2D eigenvalue weighted by molar-refractivity contribution is 7.99. The van der Waals surface area contributed by atoms with Crippen molar-refractivity contribution in [2.45, 2.75) is 57.3 Å². The predicted molar refractivity (Wildman–Crippen MR) is 81.0 cm³/mol. The van der Waals surface area contributed by atoms with Gasteiger partial charge in [-0.1, -0.05) is 11.8 Å². The van der Waals surface area contributed by atoms with Crippen LogP contribution < -0.4 is 5.32 Å². The van der Waals surface area contributed by atoms with Crippen molar-refractivity contribution in [1.29, 1.82) is 0 Å². The van der Waals surface area contributed by atoms with E-state index in [1.54, 1.807) is 24.9 Å². The van der Waals surface area contributed by atoms with Crippen molar-refractivity contribution in [2.75, 3.05) is 5.75 Å². The van der Waals surface area contributed by atoms with Crippen molar-refractivity contribution in [2.24, 2.45) is 0 Å². The third-order valence-corrected chi connectivity index (χ3v) is 3.85. The van der Waals surface area contributed by atoms with Crippen LogP contribution in [0.4, 0.5) is 0 Å². The summed E-state index contributed by atoms with van der Waals surface area (Å²) in [6.45, 7) is 7.58. The van der Waals surface area contributed by atoms with Crippen molar-refractivity contribution in [1.82, 2.24) is 15.3 Å². The van der Waals surface area contributed by atoms with Crippen LogP contribution in [0.25, 0.3) is 0 Å². The number of aliphatic carboxylic acids is 1. The highest BCUT2D eigenvalue weighted by atomic mass is 32.2. The number of aromatic nitrogens is 2. The lowest BCUT2D eigenvalue weighted by molar-refractivity contribution is -0.144. The fourth-order valence-corrected chi connectivity index (χ4v) is 2.78. The number of nitrogens with zero attached hydrogens (tertiary/aromatic N) is 2. The van der Waals surface area contributed by atoms with Gasteiger partial charge < -0.3 is 5.11 Å². The third-order valence-electron chi connectivity index (χ3n) is 2.90. The predicted octanol–water partition coefficient (Wildman–Crippen LogP) is 2.50. The lowest BCUT2D eigenvalue weighted by Gasteiger charge is -2.28. The molecule has 1 aromatic heterocycles. The summed E-state index contributed by atoms with van der Waals surface area (Å²) >= 11 is 1.56. The molecule has 1 aromatic rings. The second-order valence-corrected chi connectivity index (χ2v) is 6.43. The zero-order valence-corrected chi connectivity index (χ0v) is 13.3. The Morgan fingerprint density at radius 2 is 2.25 bits per heavy atom. The van der Waals surface area contributed by atoms with Gasteiger partial charge in [-0.15, -0.1) is 0 Å². The lowest BCUT2D eigenvalue weighted by atomic mass is 9.95. The molecule has 0 aromatic carbocycles. The molecule has 2 N–H and O–H groups in total. The minimum absolute atomic E-state index is 0.142. The second kappa shape index (κ2) is 7.59. The number of nitrogens with one attached hydrogen (secondary N) is 1. The van der Waals surface area contributed by atoms with Crippen molar-refractivity contribution >= 4 is 17.7 Å². The first-order valence-corrected chi connectivity index (χ1v) is 7.75. The molecule has 0 aliphatic carbocycles. The molecule has 1 atom stereocenters. The second-order valence-electron chi connectivity index (χ2n) is 5.37. The molecular weight excluding hydrogens is 274 g/mol. The van der Waals surface area contributed by atoms with Gasteiger partial charge in [-0.25, -0.2) is 9.97 Å². The molecule has 0 amide bonds. The van der Waals surface area contributed by atoms with Crippen molar-refractivity contribution in [3.8, 4) is 0 Å². The van der Waals surface area contributed by atoms with Crippen LogP contribution in [0, 0.1) is 6.92 Å². The molecule has 0 bridgehead atoms. The van der Waals surface area contributed by atoms with E-state index in [4.69, 9.17) is 0 Å². The Labute approximate surface area is 124 Å². The van der Waals surface area contributed by atoms with Crippen molar-refractivity contribution < 1.29 is 9.90 Å². The van der Waals surface area contributed by atoms with E-state index in [9.17, 15) is 9.90 Å². The van der Waals surface area contributed by atoms with Crippen LogP contribution in [-0.4, -0.2) is 38.4 Å². The topological polar surface area (TPSA) is 75.1 Å². The summed E-state index contributed by atoms with van der Waals surface area (Å²) in [7, 11) is 0. The summed E-state index contributed by atoms with van der Waals surface area (Å²) in [6, 6.07) is 2.00. The van der Waals surface area contributed by atoms with Gasteiger partial charge >= 0.3 is 5.97 Å². The van der Waals surface area contributed by atoms with Gasteiger partial charge in [0.15, 0.2) is 5.16 Å². The Morgan fingerprint density at radius 3 is 2.80 bits per heavy atom. The number of hydrogen-bond acceptors (Lipinski definition) is 5. The van der Waals surface area contributed by atoms with Gasteiger partial charge in [-0.2, -0.15) is 0 Å². The van der Waals surface area contributed by atoms with Crippen molar-refractivity contribution in [3.05, 3.63) is 18.0 Å². The number of thioether (sulfide) groups is 1. The zero-order chi connectivity index (χ0) is 15.2. The van der Waals surface area contributed by atoms with E-state index >= 15 is 0 Å². The standard InChI is InChI=1S/C14H23N3O2S/c1-10(2)17-14(4,12(18)19)7-5-9-20-13-15-8-6-11(3)16-13/h6,8,10,17H,5,7,9H2,1-4H3,(H,18,19). The molecule has 5 nitrogen and oxygen atoms in total. The smallest absolute Gasteiger partial charge is 0.323 e. The molecular formula is C14H23N3O2S. The average Bonchev–Trinajstić information content (AvgIpc) is 2.34. The SMILES string of the molecule is Cc1ccnc(SCCCC(C)(NC(C)C)C(=O)O)n1. The Morgan fingerprint density at radius 1 is 1.55 bits per heavy atom. The minimum atomic E-state index is -0.873. The molecule has 0 spiro atoms. The Hall–Kier alpha value is -1.14. The molecule has 0 radical (unpaired) electrons. The maximum absolute atomic E-state index is 11.4. The van der Waals surface area contributed by atoms with Gasteiger partial charge in [0.2, 0.25) is 0 Å². The van der Waals surface area contributed by atoms with Crippen LogP contribution in [-0.2, 0) is 4.79 Å².